The van der Waals surface area contributed by atoms with Crippen molar-refractivity contribution < 1.29 is 14.3 Å². The van der Waals surface area contributed by atoms with Gasteiger partial charge in [-0.25, -0.2) is 4.98 Å². The van der Waals surface area contributed by atoms with Crippen LogP contribution in [0.3, 0.4) is 0 Å². The van der Waals surface area contributed by atoms with Gasteiger partial charge < -0.3 is 9.47 Å². The maximum absolute atomic E-state index is 14.3. The number of hydrogen-bond acceptors (Lipinski definition) is 6. The van der Waals surface area contributed by atoms with Crippen molar-refractivity contribution in [1.82, 2.24) is 9.88 Å². The molecule has 182 valence electrons. The third-order valence-electron chi connectivity index (χ3n) is 6.43. The predicted octanol–water partition coefficient (Wildman–Crippen LogP) is 5.44. The van der Waals surface area contributed by atoms with Gasteiger partial charge in [0.25, 0.3) is 5.91 Å². The molecule has 7 heteroatoms. The number of carbonyl (C=O) groups excluding carboxylic acids is 1. The molecular weight excluding hydrogens is 458 g/mol. The van der Waals surface area contributed by atoms with Gasteiger partial charge in [0.2, 0.25) is 0 Å². The quantitative estimate of drug-likeness (QED) is 0.346. The maximum Gasteiger partial charge on any atom is 0.264 e. The smallest absolute Gasteiger partial charge is 0.264 e. The third kappa shape index (κ3) is 4.89. The van der Waals surface area contributed by atoms with Crippen molar-refractivity contribution in [3.63, 3.8) is 0 Å². The van der Waals surface area contributed by atoms with Gasteiger partial charge in [-0.05, 0) is 54.8 Å². The number of anilines is 1. The Morgan fingerprint density at radius 3 is 2.74 bits per heavy atom. The van der Waals surface area contributed by atoms with Crippen LogP contribution in [0.2, 0.25) is 0 Å². The first-order chi connectivity index (χ1) is 17.0. The maximum atomic E-state index is 14.3. The third-order valence-corrected chi connectivity index (χ3v) is 7.66. The second-order valence-corrected chi connectivity index (χ2v) is 9.91. The molecule has 35 heavy (non-hydrogen) atoms. The van der Waals surface area contributed by atoms with Crippen LogP contribution >= 0.6 is 11.3 Å². The molecule has 2 heterocycles. The summed E-state index contributed by atoms with van der Waals surface area (Å²) in [6.45, 7) is 11.1. The summed E-state index contributed by atoms with van der Waals surface area (Å²) < 4.78 is 12.6. The summed E-state index contributed by atoms with van der Waals surface area (Å²) in [6, 6.07) is 16.2. The van der Waals surface area contributed by atoms with Crippen molar-refractivity contribution in [3.05, 3.63) is 65.2 Å². The highest BCUT2D eigenvalue weighted by atomic mass is 32.1. The average molecular weight is 490 g/mol. The minimum Gasteiger partial charge on any atom is -0.493 e. The standard InChI is InChI=1S/C28H31N3O3S/c1-4-34-24-10-9-21-7-5-6-8-22(21)25(24)27(32)31(12-11-30-13-15-33-16-14-30)28-29-23-18-19(2)17-20(3)26(23)35-28/h5-10,17-18H,4,11-16H2,1-3H3. The van der Waals surface area contributed by atoms with Crippen molar-refractivity contribution in [2.24, 2.45) is 0 Å². The number of carbonyl (C=O) groups is 1. The summed E-state index contributed by atoms with van der Waals surface area (Å²) in [7, 11) is 0. The van der Waals surface area contributed by atoms with Crippen LogP contribution in [-0.2, 0) is 4.74 Å². The molecule has 1 saturated heterocycles. The van der Waals surface area contributed by atoms with Gasteiger partial charge in [-0.15, -0.1) is 0 Å². The van der Waals surface area contributed by atoms with E-state index in [1.54, 1.807) is 11.3 Å². The number of benzene rings is 3. The fourth-order valence-corrected chi connectivity index (χ4v) is 5.75. The van der Waals surface area contributed by atoms with Gasteiger partial charge in [-0.2, -0.15) is 0 Å². The van der Waals surface area contributed by atoms with E-state index >= 15 is 0 Å². The van der Waals surface area contributed by atoms with Crippen LogP contribution in [0.25, 0.3) is 21.0 Å². The lowest BCUT2D eigenvalue weighted by Crippen LogP contribution is -2.43. The Hall–Kier alpha value is -3.00. The molecule has 1 fully saturated rings. The number of hydrogen-bond donors (Lipinski definition) is 0. The highest BCUT2D eigenvalue weighted by Crippen LogP contribution is 2.35. The summed E-state index contributed by atoms with van der Waals surface area (Å²) in [5.41, 5.74) is 3.89. The number of ether oxygens (including phenoxy) is 2. The molecule has 1 amide bonds. The molecule has 1 aliphatic heterocycles. The molecule has 1 aliphatic rings. The van der Waals surface area contributed by atoms with Crippen molar-refractivity contribution in [2.45, 2.75) is 20.8 Å². The summed E-state index contributed by atoms with van der Waals surface area (Å²) in [5.74, 6) is 0.535. The zero-order valence-electron chi connectivity index (χ0n) is 20.5. The first-order valence-corrected chi connectivity index (χ1v) is 13.0. The molecule has 0 unspecified atom stereocenters. The molecule has 0 saturated carbocycles. The zero-order valence-corrected chi connectivity index (χ0v) is 21.4. The Morgan fingerprint density at radius 1 is 1.14 bits per heavy atom. The highest BCUT2D eigenvalue weighted by Gasteiger charge is 2.27. The lowest BCUT2D eigenvalue weighted by atomic mass is 10.0. The SMILES string of the molecule is CCOc1ccc2ccccc2c1C(=O)N(CCN1CCOCC1)c1nc2cc(C)cc(C)c2s1. The molecule has 0 aliphatic carbocycles. The minimum absolute atomic E-state index is 0.0769. The molecule has 5 rings (SSSR count). The number of morpholine rings is 1. The molecule has 1 aromatic heterocycles. The number of fused-ring (bicyclic) bond motifs is 2. The number of aryl methyl sites for hydroxylation is 2. The number of amides is 1. The van der Waals surface area contributed by atoms with E-state index in [1.807, 2.05) is 48.2 Å². The minimum atomic E-state index is -0.0769. The lowest BCUT2D eigenvalue weighted by Gasteiger charge is -2.29. The number of thiazole rings is 1. The summed E-state index contributed by atoms with van der Waals surface area (Å²) in [6.07, 6.45) is 0. The van der Waals surface area contributed by atoms with Crippen LogP contribution in [0.1, 0.15) is 28.4 Å². The molecule has 0 atom stereocenters. The van der Waals surface area contributed by atoms with E-state index in [-0.39, 0.29) is 5.91 Å². The fourth-order valence-electron chi connectivity index (χ4n) is 4.71. The van der Waals surface area contributed by atoms with Crippen LogP contribution in [0.5, 0.6) is 5.75 Å². The van der Waals surface area contributed by atoms with E-state index in [0.29, 0.717) is 24.5 Å². The van der Waals surface area contributed by atoms with Gasteiger partial charge in [-0.1, -0.05) is 47.7 Å². The average Bonchev–Trinajstić information content (AvgIpc) is 3.29. The summed E-state index contributed by atoms with van der Waals surface area (Å²) in [4.78, 5) is 23.5. The van der Waals surface area contributed by atoms with Crippen LogP contribution in [-0.4, -0.2) is 61.8 Å². The number of nitrogens with zero attached hydrogens (tertiary/aromatic N) is 3. The zero-order chi connectivity index (χ0) is 24.4. The van der Waals surface area contributed by atoms with Gasteiger partial charge >= 0.3 is 0 Å². The topological polar surface area (TPSA) is 54.9 Å². The molecule has 0 spiro atoms. The molecule has 6 nitrogen and oxygen atoms in total. The Labute approximate surface area is 210 Å². The Kier molecular flexibility index (Phi) is 7.00. The van der Waals surface area contributed by atoms with Gasteiger partial charge in [-0.3, -0.25) is 14.6 Å². The Bertz CT molecular complexity index is 1360. The van der Waals surface area contributed by atoms with Crippen molar-refractivity contribution in [3.8, 4) is 5.75 Å². The van der Waals surface area contributed by atoms with Crippen molar-refractivity contribution >= 4 is 43.4 Å². The first kappa shape index (κ1) is 23.7. The van der Waals surface area contributed by atoms with Crippen molar-refractivity contribution in [2.75, 3.05) is 50.9 Å². The Morgan fingerprint density at radius 2 is 1.94 bits per heavy atom. The van der Waals surface area contributed by atoms with E-state index in [2.05, 4.69) is 30.9 Å². The lowest BCUT2D eigenvalue weighted by molar-refractivity contribution is 0.0391. The van der Waals surface area contributed by atoms with E-state index in [4.69, 9.17) is 14.5 Å². The van der Waals surface area contributed by atoms with Crippen LogP contribution in [0, 0.1) is 13.8 Å². The van der Waals surface area contributed by atoms with E-state index in [0.717, 1.165) is 59.0 Å². The van der Waals surface area contributed by atoms with Crippen LogP contribution in [0.15, 0.2) is 48.5 Å². The largest absolute Gasteiger partial charge is 0.493 e. The van der Waals surface area contributed by atoms with E-state index in [9.17, 15) is 4.79 Å². The predicted molar refractivity (Wildman–Crippen MR) is 143 cm³/mol. The molecule has 3 aromatic carbocycles. The van der Waals surface area contributed by atoms with Gasteiger partial charge in [0.05, 0.1) is 35.6 Å². The van der Waals surface area contributed by atoms with Crippen molar-refractivity contribution in [1.29, 1.82) is 0 Å². The first-order valence-electron chi connectivity index (χ1n) is 12.2. The normalized spacial score (nSPS) is 14.5. The second-order valence-electron chi connectivity index (χ2n) is 8.93. The molecule has 0 radical (unpaired) electrons. The summed E-state index contributed by atoms with van der Waals surface area (Å²) >= 11 is 1.58. The monoisotopic (exact) mass is 489 g/mol. The van der Waals surface area contributed by atoms with Gasteiger partial charge in [0.1, 0.15) is 5.75 Å². The molecule has 0 bridgehead atoms. The number of rotatable bonds is 7. The second kappa shape index (κ2) is 10.3. The van der Waals surface area contributed by atoms with Crippen LogP contribution < -0.4 is 9.64 Å². The molecule has 4 aromatic rings. The highest BCUT2D eigenvalue weighted by molar-refractivity contribution is 7.22. The Balaban J connectivity index is 1.59. The van der Waals surface area contributed by atoms with Gasteiger partial charge in [0.15, 0.2) is 5.13 Å². The summed E-state index contributed by atoms with van der Waals surface area (Å²) in [5, 5.41) is 2.64. The van der Waals surface area contributed by atoms with E-state index < -0.39 is 0 Å². The molecule has 0 N–H and O–H groups in total. The van der Waals surface area contributed by atoms with Crippen LogP contribution in [0.4, 0.5) is 5.13 Å². The number of aromatic nitrogens is 1. The van der Waals surface area contributed by atoms with E-state index in [1.165, 1.54) is 11.1 Å². The fraction of sp³-hybridized carbons (Fsp3) is 0.357. The molecular formula is C28H31N3O3S. The van der Waals surface area contributed by atoms with Gasteiger partial charge in [0, 0.05) is 26.2 Å².